The van der Waals surface area contributed by atoms with Crippen molar-refractivity contribution < 1.29 is 9.90 Å². The second-order valence-corrected chi connectivity index (χ2v) is 3.91. The first kappa shape index (κ1) is 12.3. The Morgan fingerprint density at radius 3 is 2.83 bits per heavy atom. The molecule has 6 nitrogen and oxygen atoms in total. The number of aromatic nitrogens is 3. The molecule has 6 heteroatoms. The van der Waals surface area contributed by atoms with Gasteiger partial charge in [0.05, 0.1) is 5.69 Å². The zero-order valence-electron chi connectivity index (χ0n) is 10.1. The fraction of sp³-hybridized carbons (Fsp3) is 0.250. The Hall–Kier alpha value is -2.21. The largest absolute Gasteiger partial charge is 0.480 e. The topological polar surface area (TPSA) is 90.9 Å². The summed E-state index contributed by atoms with van der Waals surface area (Å²) in [5.41, 5.74) is 2.35. The van der Waals surface area contributed by atoms with Crippen LogP contribution in [0, 0.1) is 6.92 Å². The highest BCUT2D eigenvalue weighted by Gasteiger charge is 2.21. The van der Waals surface area contributed by atoms with Gasteiger partial charge in [-0.1, -0.05) is 0 Å². The molecule has 0 spiro atoms. The third-order valence-electron chi connectivity index (χ3n) is 2.56. The minimum Gasteiger partial charge on any atom is -0.480 e. The summed E-state index contributed by atoms with van der Waals surface area (Å²) in [4.78, 5) is 22.5. The molecule has 0 aliphatic heterocycles. The van der Waals surface area contributed by atoms with Crippen LogP contribution < -0.4 is 5.32 Å². The molecule has 0 bridgehead atoms. The Labute approximate surface area is 104 Å². The average molecular weight is 246 g/mol. The number of likely N-dealkylation sites (N-methyl/N-ethyl adjacent to an activating group) is 1. The molecule has 1 atom stereocenters. The van der Waals surface area contributed by atoms with Gasteiger partial charge in [0.1, 0.15) is 0 Å². The van der Waals surface area contributed by atoms with Gasteiger partial charge >= 0.3 is 5.97 Å². The van der Waals surface area contributed by atoms with E-state index in [0.29, 0.717) is 5.69 Å². The van der Waals surface area contributed by atoms with E-state index in [4.69, 9.17) is 5.11 Å². The maximum atomic E-state index is 11.1. The molecule has 2 aromatic rings. The average Bonchev–Trinajstić information content (AvgIpc) is 2.82. The van der Waals surface area contributed by atoms with E-state index in [1.165, 1.54) is 0 Å². The van der Waals surface area contributed by atoms with Gasteiger partial charge in [0.25, 0.3) is 0 Å². The lowest BCUT2D eigenvalue weighted by atomic mass is 10.2. The van der Waals surface area contributed by atoms with Crippen LogP contribution in [-0.2, 0) is 4.79 Å². The van der Waals surface area contributed by atoms with Crippen molar-refractivity contribution in [1.82, 2.24) is 20.3 Å². The van der Waals surface area contributed by atoms with Crippen LogP contribution in [0.5, 0.6) is 0 Å². The molecule has 0 amide bonds. The number of H-pyrrole nitrogens is 1. The minimum atomic E-state index is -0.997. The quantitative estimate of drug-likeness (QED) is 0.752. The lowest BCUT2D eigenvalue weighted by Crippen LogP contribution is -2.27. The van der Waals surface area contributed by atoms with Gasteiger partial charge in [-0.25, -0.2) is 9.97 Å². The first-order valence-corrected chi connectivity index (χ1v) is 5.50. The van der Waals surface area contributed by atoms with Crippen molar-refractivity contribution in [1.29, 1.82) is 0 Å². The number of hydrogen-bond acceptors (Lipinski definition) is 4. The molecule has 94 valence electrons. The number of carbonyl (C=O) groups is 1. The molecular weight excluding hydrogens is 232 g/mol. The molecule has 3 N–H and O–H groups in total. The Balaban J connectivity index is 2.47. The van der Waals surface area contributed by atoms with E-state index in [1.807, 2.05) is 19.1 Å². The molecule has 0 radical (unpaired) electrons. The van der Waals surface area contributed by atoms with Crippen LogP contribution >= 0.6 is 0 Å². The van der Waals surface area contributed by atoms with Crippen LogP contribution in [0.3, 0.4) is 0 Å². The summed E-state index contributed by atoms with van der Waals surface area (Å²) in [7, 11) is 1.57. The van der Waals surface area contributed by atoms with Gasteiger partial charge in [0.15, 0.2) is 11.9 Å². The van der Waals surface area contributed by atoms with Gasteiger partial charge in [-0.2, -0.15) is 0 Å². The van der Waals surface area contributed by atoms with Crippen LogP contribution in [0.2, 0.25) is 0 Å². The molecular formula is C12H14N4O2. The fourth-order valence-electron chi connectivity index (χ4n) is 1.71. The first-order valence-electron chi connectivity index (χ1n) is 5.50. The third kappa shape index (κ3) is 2.38. The summed E-state index contributed by atoms with van der Waals surface area (Å²) >= 11 is 0. The third-order valence-corrected chi connectivity index (χ3v) is 2.56. The van der Waals surface area contributed by atoms with Crippen molar-refractivity contribution >= 4 is 5.97 Å². The van der Waals surface area contributed by atoms with E-state index in [-0.39, 0.29) is 5.82 Å². The van der Waals surface area contributed by atoms with Gasteiger partial charge in [0.2, 0.25) is 0 Å². The number of nitrogens with one attached hydrogen (secondary N) is 2. The minimum absolute atomic E-state index is 0.265. The first-order chi connectivity index (χ1) is 8.61. The van der Waals surface area contributed by atoms with Gasteiger partial charge in [-0.15, -0.1) is 0 Å². The zero-order chi connectivity index (χ0) is 13.1. The number of nitrogens with zero attached hydrogens (tertiary/aromatic N) is 2. The van der Waals surface area contributed by atoms with Crippen LogP contribution in [0.4, 0.5) is 0 Å². The van der Waals surface area contributed by atoms with E-state index >= 15 is 0 Å². The highest BCUT2D eigenvalue weighted by atomic mass is 16.4. The molecule has 0 saturated heterocycles. The van der Waals surface area contributed by atoms with E-state index in [2.05, 4.69) is 20.3 Å². The summed E-state index contributed by atoms with van der Waals surface area (Å²) in [6.07, 6.45) is 3.60. The molecule has 2 rings (SSSR count). The van der Waals surface area contributed by atoms with E-state index in [0.717, 1.165) is 11.3 Å². The van der Waals surface area contributed by atoms with Crippen molar-refractivity contribution in [3.8, 4) is 11.3 Å². The van der Waals surface area contributed by atoms with Crippen molar-refractivity contribution in [2.45, 2.75) is 13.0 Å². The molecule has 0 aliphatic rings. The highest BCUT2D eigenvalue weighted by molar-refractivity contribution is 5.74. The lowest BCUT2D eigenvalue weighted by molar-refractivity contribution is -0.139. The van der Waals surface area contributed by atoms with Crippen LogP contribution in [0.25, 0.3) is 11.3 Å². The Morgan fingerprint density at radius 1 is 1.50 bits per heavy atom. The molecule has 0 fully saturated rings. The van der Waals surface area contributed by atoms with Crippen molar-refractivity contribution in [2.24, 2.45) is 0 Å². The number of carboxylic acid groups (broad SMARTS) is 1. The predicted molar refractivity (Wildman–Crippen MR) is 66.0 cm³/mol. The fourth-order valence-corrected chi connectivity index (χ4v) is 1.71. The maximum absolute atomic E-state index is 11.1. The standard InChI is InChI=1S/C12H14N4O2/c1-7-5-9(8-3-4-14-6-8)16-11(15-7)10(13-2)12(17)18/h3-6,10,13-14H,1-2H3,(H,17,18). The highest BCUT2D eigenvalue weighted by Crippen LogP contribution is 2.19. The number of carboxylic acids is 1. The Kier molecular flexibility index (Phi) is 3.38. The Morgan fingerprint density at radius 2 is 2.28 bits per heavy atom. The molecule has 1 unspecified atom stereocenters. The summed E-state index contributed by atoms with van der Waals surface area (Å²) in [6, 6.07) is 2.80. The maximum Gasteiger partial charge on any atom is 0.328 e. The van der Waals surface area contributed by atoms with Crippen molar-refractivity contribution in [3.05, 3.63) is 36.0 Å². The molecule has 2 heterocycles. The lowest BCUT2D eigenvalue weighted by Gasteiger charge is -2.11. The summed E-state index contributed by atoms with van der Waals surface area (Å²) in [5.74, 6) is -0.732. The van der Waals surface area contributed by atoms with Crippen LogP contribution in [-0.4, -0.2) is 33.1 Å². The molecule has 0 saturated carbocycles. The van der Waals surface area contributed by atoms with Gasteiger partial charge in [0, 0.05) is 23.7 Å². The molecule has 18 heavy (non-hydrogen) atoms. The summed E-state index contributed by atoms with van der Waals surface area (Å²) in [5, 5.41) is 11.8. The van der Waals surface area contributed by atoms with Crippen molar-refractivity contribution in [3.63, 3.8) is 0 Å². The van der Waals surface area contributed by atoms with E-state index < -0.39 is 12.0 Å². The van der Waals surface area contributed by atoms with Gasteiger partial charge in [-0.3, -0.25) is 4.79 Å². The summed E-state index contributed by atoms with van der Waals surface area (Å²) in [6.45, 7) is 1.82. The predicted octanol–water partition coefficient (Wildman–Crippen LogP) is 1.13. The van der Waals surface area contributed by atoms with E-state index in [9.17, 15) is 4.79 Å². The monoisotopic (exact) mass is 246 g/mol. The summed E-state index contributed by atoms with van der Waals surface area (Å²) < 4.78 is 0. The number of aromatic amines is 1. The van der Waals surface area contributed by atoms with E-state index in [1.54, 1.807) is 19.4 Å². The number of rotatable bonds is 4. The number of aryl methyl sites for hydroxylation is 1. The molecule has 0 aromatic carbocycles. The number of aliphatic carboxylic acids is 1. The van der Waals surface area contributed by atoms with Crippen LogP contribution in [0.1, 0.15) is 17.6 Å². The second kappa shape index (κ2) is 4.97. The normalized spacial score (nSPS) is 12.3. The smallest absolute Gasteiger partial charge is 0.328 e. The van der Waals surface area contributed by atoms with Crippen LogP contribution in [0.15, 0.2) is 24.5 Å². The van der Waals surface area contributed by atoms with Gasteiger partial charge < -0.3 is 15.4 Å². The second-order valence-electron chi connectivity index (χ2n) is 3.91. The van der Waals surface area contributed by atoms with Crippen molar-refractivity contribution in [2.75, 3.05) is 7.05 Å². The zero-order valence-corrected chi connectivity index (χ0v) is 10.1. The number of hydrogen-bond donors (Lipinski definition) is 3. The molecule has 2 aromatic heterocycles. The Bertz CT molecular complexity index is 551. The molecule has 0 aliphatic carbocycles. The van der Waals surface area contributed by atoms with Gasteiger partial charge in [-0.05, 0) is 26.1 Å². The SMILES string of the molecule is CNC(C(=O)O)c1nc(C)cc(-c2cc[nH]c2)n1.